The number of pyridine rings is 2. The first-order chi connectivity index (χ1) is 13.5. The number of nitrogens with zero attached hydrogens (tertiary/aromatic N) is 6. The number of hydrogen-bond donors (Lipinski definition) is 0. The van der Waals surface area contributed by atoms with Gasteiger partial charge >= 0.3 is 5.63 Å². The van der Waals surface area contributed by atoms with Gasteiger partial charge in [-0.1, -0.05) is 11.6 Å². The Kier molecular flexibility index (Phi) is 3.81. The lowest BCUT2D eigenvalue weighted by Crippen LogP contribution is -2.11. The predicted octanol–water partition coefficient (Wildman–Crippen LogP) is 3.81. The van der Waals surface area contributed by atoms with Crippen molar-refractivity contribution in [2.75, 3.05) is 0 Å². The van der Waals surface area contributed by atoms with Crippen LogP contribution >= 0.6 is 27.5 Å². The van der Waals surface area contributed by atoms with E-state index in [1.807, 2.05) is 19.1 Å². The Morgan fingerprint density at radius 1 is 1.21 bits per heavy atom. The van der Waals surface area contributed by atoms with E-state index in [0.717, 1.165) is 11.1 Å². The fraction of sp³-hybridized carbons (Fsp3) is 0.0556. The average molecular weight is 458 g/mol. The van der Waals surface area contributed by atoms with Crippen molar-refractivity contribution in [3.63, 3.8) is 0 Å². The molecular weight excluding hydrogens is 448 g/mol. The molecule has 0 fully saturated rings. The van der Waals surface area contributed by atoms with Crippen LogP contribution in [0.3, 0.4) is 0 Å². The molecule has 0 radical (unpaired) electrons. The molecule has 28 heavy (non-hydrogen) atoms. The Morgan fingerprint density at radius 2 is 2.07 bits per heavy atom. The largest absolute Gasteiger partial charge is 0.400 e. The van der Waals surface area contributed by atoms with Gasteiger partial charge in [-0.25, -0.2) is 24.0 Å². The molecule has 138 valence electrons. The van der Waals surface area contributed by atoms with Gasteiger partial charge in [0.1, 0.15) is 15.8 Å². The number of rotatable bonds is 2. The quantitative estimate of drug-likeness (QED) is 0.400. The monoisotopic (exact) mass is 456 g/mol. The van der Waals surface area contributed by atoms with Crippen LogP contribution in [-0.4, -0.2) is 29.4 Å². The van der Waals surface area contributed by atoms with Crippen LogP contribution in [0.4, 0.5) is 0 Å². The van der Waals surface area contributed by atoms with E-state index >= 15 is 0 Å². The van der Waals surface area contributed by atoms with Crippen LogP contribution < -0.4 is 5.63 Å². The summed E-state index contributed by atoms with van der Waals surface area (Å²) in [5.74, 6) is 0.501. The molecule has 0 spiro atoms. The molecule has 5 aromatic rings. The third-order valence-corrected chi connectivity index (χ3v) is 4.96. The van der Waals surface area contributed by atoms with Gasteiger partial charge in [-0.3, -0.25) is 0 Å². The maximum absolute atomic E-state index is 12.8. The van der Waals surface area contributed by atoms with Gasteiger partial charge in [-0.2, -0.15) is 10.2 Å². The molecule has 0 aromatic carbocycles. The van der Waals surface area contributed by atoms with E-state index < -0.39 is 5.63 Å². The maximum atomic E-state index is 12.8. The van der Waals surface area contributed by atoms with E-state index in [9.17, 15) is 4.79 Å². The fourth-order valence-electron chi connectivity index (χ4n) is 3.08. The second-order valence-electron chi connectivity index (χ2n) is 6.07. The minimum Gasteiger partial charge on any atom is -0.400 e. The second-order valence-corrected chi connectivity index (χ2v) is 7.29. The first kappa shape index (κ1) is 17.1. The molecule has 8 nitrogen and oxygen atoms in total. The van der Waals surface area contributed by atoms with Crippen LogP contribution in [0.5, 0.6) is 0 Å². The molecular formula is C18H10BrClN6O2. The Hall–Kier alpha value is -3.04. The molecule has 0 N–H and O–H groups in total. The molecule has 0 aliphatic heterocycles. The summed E-state index contributed by atoms with van der Waals surface area (Å²) in [5, 5.41) is 8.95. The molecule has 5 heterocycles. The van der Waals surface area contributed by atoms with Crippen molar-refractivity contribution < 1.29 is 4.42 Å². The second kappa shape index (κ2) is 6.25. The Balaban J connectivity index is 1.82. The van der Waals surface area contributed by atoms with Gasteiger partial charge in [0.2, 0.25) is 5.89 Å². The first-order valence-electron chi connectivity index (χ1n) is 8.18. The zero-order valence-electron chi connectivity index (χ0n) is 14.3. The van der Waals surface area contributed by atoms with Gasteiger partial charge in [0, 0.05) is 12.3 Å². The van der Waals surface area contributed by atoms with Crippen molar-refractivity contribution in [1.29, 1.82) is 0 Å². The van der Waals surface area contributed by atoms with E-state index in [-0.39, 0.29) is 11.4 Å². The van der Waals surface area contributed by atoms with E-state index in [0.29, 0.717) is 26.7 Å². The molecule has 5 rings (SSSR count). The van der Waals surface area contributed by atoms with Gasteiger partial charge in [0.25, 0.3) is 0 Å². The smallest absolute Gasteiger partial charge is 0.366 e. The van der Waals surface area contributed by atoms with Crippen LogP contribution in [0.2, 0.25) is 5.02 Å². The molecule has 0 aliphatic rings. The zero-order chi connectivity index (χ0) is 19.4. The van der Waals surface area contributed by atoms with Crippen molar-refractivity contribution in [3.05, 3.63) is 68.3 Å². The van der Waals surface area contributed by atoms with Gasteiger partial charge in [-0.15, -0.1) is 0 Å². The molecule has 0 bridgehead atoms. The molecule has 5 aromatic heterocycles. The topological polar surface area (TPSA) is 91.1 Å². The Labute approximate surface area is 170 Å². The van der Waals surface area contributed by atoms with Crippen LogP contribution in [0.1, 0.15) is 5.56 Å². The van der Waals surface area contributed by atoms with E-state index in [1.54, 1.807) is 30.6 Å². The summed E-state index contributed by atoms with van der Waals surface area (Å²) in [6.45, 7) is 1.88. The highest BCUT2D eigenvalue weighted by Crippen LogP contribution is 2.28. The van der Waals surface area contributed by atoms with E-state index in [4.69, 9.17) is 16.0 Å². The predicted molar refractivity (Wildman–Crippen MR) is 107 cm³/mol. The van der Waals surface area contributed by atoms with E-state index in [1.165, 1.54) is 9.20 Å². The molecule has 0 unspecified atom stereocenters. The molecule has 0 saturated carbocycles. The van der Waals surface area contributed by atoms with Crippen LogP contribution in [0.25, 0.3) is 34.0 Å². The van der Waals surface area contributed by atoms with Crippen molar-refractivity contribution >= 4 is 44.1 Å². The Bertz CT molecular complexity index is 1440. The molecule has 0 saturated heterocycles. The van der Waals surface area contributed by atoms with Crippen molar-refractivity contribution in [3.8, 4) is 17.4 Å². The number of halogens is 2. The zero-order valence-corrected chi connectivity index (χ0v) is 16.6. The maximum Gasteiger partial charge on any atom is 0.366 e. The highest BCUT2D eigenvalue weighted by atomic mass is 79.9. The number of aromatic nitrogens is 6. The summed E-state index contributed by atoms with van der Waals surface area (Å²) in [6, 6.07) is 8.83. The van der Waals surface area contributed by atoms with Gasteiger partial charge in [0.05, 0.1) is 16.7 Å². The lowest BCUT2D eigenvalue weighted by molar-refractivity contribution is 0.510. The third kappa shape index (κ3) is 2.54. The molecule has 0 atom stereocenters. The summed E-state index contributed by atoms with van der Waals surface area (Å²) >= 11 is 9.62. The average Bonchev–Trinajstić information content (AvgIpc) is 3.28. The van der Waals surface area contributed by atoms with Crippen molar-refractivity contribution in [2.45, 2.75) is 6.92 Å². The lowest BCUT2D eigenvalue weighted by atomic mass is 10.2. The van der Waals surface area contributed by atoms with Crippen molar-refractivity contribution in [2.24, 2.45) is 0 Å². The van der Waals surface area contributed by atoms with Crippen LogP contribution in [0, 0.1) is 6.92 Å². The third-order valence-electron chi connectivity index (χ3n) is 4.28. The number of aryl methyl sites for hydroxylation is 1. The first-order valence-corrected chi connectivity index (χ1v) is 9.35. The molecule has 0 aliphatic carbocycles. The highest BCUT2D eigenvalue weighted by molar-refractivity contribution is 9.10. The summed E-state index contributed by atoms with van der Waals surface area (Å²) in [6.07, 6.45) is 3.22. The summed E-state index contributed by atoms with van der Waals surface area (Å²) in [5.41, 5.74) is 2.29. The summed E-state index contributed by atoms with van der Waals surface area (Å²) in [7, 11) is 0. The fourth-order valence-corrected chi connectivity index (χ4v) is 3.66. The van der Waals surface area contributed by atoms with E-state index in [2.05, 4.69) is 36.1 Å². The highest BCUT2D eigenvalue weighted by Gasteiger charge is 2.20. The van der Waals surface area contributed by atoms with Crippen LogP contribution in [-0.2, 0) is 0 Å². The SMILES string of the molecule is Cc1cc2ccnn2c2c(=O)oc(-c3cc(Br)nn3-c3ncccc3Cl)nc12. The molecule has 10 heteroatoms. The number of fused-ring (bicyclic) bond motifs is 3. The standard InChI is InChI=1S/C18H10BrClN6O2/c1-9-7-10-4-6-22-25(10)15-14(9)23-17(28-18(15)27)12-8-13(19)24-26(12)16-11(20)3-2-5-21-16/h2-8H,1H3. The normalized spacial score (nSPS) is 11.5. The minimum absolute atomic E-state index is 0.104. The Morgan fingerprint density at radius 3 is 2.89 bits per heavy atom. The minimum atomic E-state index is -0.548. The van der Waals surface area contributed by atoms with Crippen molar-refractivity contribution in [1.82, 2.24) is 29.4 Å². The lowest BCUT2D eigenvalue weighted by Gasteiger charge is -2.08. The van der Waals surface area contributed by atoms with Gasteiger partial charge in [-0.05, 0) is 52.7 Å². The summed E-state index contributed by atoms with van der Waals surface area (Å²) in [4.78, 5) is 21.7. The van der Waals surface area contributed by atoms with Gasteiger partial charge in [0.15, 0.2) is 11.3 Å². The van der Waals surface area contributed by atoms with Gasteiger partial charge < -0.3 is 4.42 Å². The number of hydrogen-bond acceptors (Lipinski definition) is 6. The summed E-state index contributed by atoms with van der Waals surface area (Å²) < 4.78 is 9.06. The molecule has 0 amide bonds. The van der Waals surface area contributed by atoms with Crippen LogP contribution in [0.15, 0.2) is 56.5 Å².